The number of carboxylic acid groups (broad SMARTS) is 1. The average Bonchev–Trinajstić information content (AvgIpc) is 2.72. The molecule has 0 radical (unpaired) electrons. The molecule has 1 saturated heterocycles. The summed E-state index contributed by atoms with van der Waals surface area (Å²) < 4.78 is 0. The molecule has 1 heterocycles. The molecule has 3 N–H and O–H groups in total. The molecule has 0 aromatic rings. The SMILES string of the molecule is CC1CCN(C(=O)NCC2(CC(=O)O)CCC2)C1CO. The molecule has 2 rings (SSSR count). The number of nitrogens with zero attached hydrogens (tertiary/aromatic N) is 1. The molecule has 114 valence electrons. The Kier molecular flexibility index (Phi) is 4.52. The van der Waals surface area contributed by atoms with Gasteiger partial charge in [-0.1, -0.05) is 13.3 Å². The minimum atomic E-state index is -0.804. The van der Waals surface area contributed by atoms with Crippen LogP contribution >= 0.6 is 0 Å². The third-order valence-corrected chi connectivity index (χ3v) is 4.89. The number of aliphatic hydroxyl groups excluding tert-OH is 1. The first-order valence-electron chi connectivity index (χ1n) is 7.34. The number of carboxylic acids is 1. The molecule has 0 aromatic heterocycles. The van der Waals surface area contributed by atoms with E-state index in [-0.39, 0.29) is 30.5 Å². The Morgan fingerprint density at radius 3 is 2.60 bits per heavy atom. The zero-order valence-corrected chi connectivity index (χ0v) is 12.0. The summed E-state index contributed by atoms with van der Waals surface area (Å²) in [4.78, 5) is 24.8. The monoisotopic (exact) mass is 284 g/mol. The number of aliphatic hydroxyl groups is 1. The second-order valence-electron chi connectivity index (χ2n) is 6.29. The molecule has 2 unspecified atom stereocenters. The predicted molar refractivity (Wildman–Crippen MR) is 73.3 cm³/mol. The van der Waals surface area contributed by atoms with Crippen molar-refractivity contribution < 1.29 is 19.8 Å². The lowest BCUT2D eigenvalue weighted by atomic mass is 9.66. The maximum absolute atomic E-state index is 12.2. The Labute approximate surface area is 119 Å². The van der Waals surface area contributed by atoms with Gasteiger partial charge in [-0.25, -0.2) is 4.79 Å². The van der Waals surface area contributed by atoms with Crippen molar-refractivity contribution in [2.75, 3.05) is 19.7 Å². The number of amides is 2. The molecule has 1 saturated carbocycles. The van der Waals surface area contributed by atoms with Gasteiger partial charge in [0.1, 0.15) is 0 Å². The van der Waals surface area contributed by atoms with Gasteiger partial charge >= 0.3 is 12.0 Å². The summed E-state index contributed by atoms with van der Waals surface area (Å²) in [6.45, 7) is 3.09. The fourth-order valence-corrected chi connectivity index (χ4v) is 3.32. The van der Waals surface area contributed by atoms with Crippen LogP contribution in [-0.2, 0) is 4.79 Å². The van der Waals surface area contributed by atoms with Crippen molar-refractivity contribution in [2.24, 2.45) is 11.3 Å². The molecular formula is C14H24N2O4. The maximum Gasteiger partial charge on any atom is 0.317 e. The molecule has 6 nitrogen and oxygen atoms in total. The predicted octanol–water partition coefficient (Wildman–Crippen LogP) is 1.04. The van der Waals surface area contributed by atoms with Crippen molar-refractivity contribution in [2.45, 2.75) is 45.1 Å². The fraction of sp³-hybridized carbons (Fsp3) is 0.857. The van der Waals surface area contributed by atoms with Crippen LogP contribution in [0.3, 0.4) is 0 Å². The maximum atomic E-state index is 12.2. The van der Waals surface area contributed by atoms with Crippen molar-refractivity contribution in [3.05, 3.63) is 0 Å². The summed E-state index contributed by atoms with van der Waals surface area (Å²) >= 11 is 0. The zero-order chi connectivity index (χ0) is 14.8. The van der Waals surface area contributed by atoms with Crippen molar-refractivity contribution in [3.8, 4) is 0 Å². The van der Waals surface area contributed by atoms with Crippen LogP contribution in [0.15, 0.2) is 0 Å². The largest absolute Gasteiger partial charge is 0.481 e. The topological polar surface area (TPSA) is 89.9 Å². The summed E-state index contributed by atoms with van der Waals surface area (Å²) in [5.74, 6) is -0.496. The molecule has 2 amide bonds. The molecule has 2 fully saturated rings. The van der Waals surface area contributed by atoms with Gasteiger partial charge in [-0.2, -0.15) is 0 Å². The molecule has 1 aliphatic heterocycles. The van der Waals surface area contributed by atoms with Crippen LogP contribution in [0.2, 0.25) is 0 Å². The molecule has 0 aromatic carbocycles. The highest BCUT2D eigenvalue weighted by Crippen LogP contribution is 2.43. The van der Waals surface area contributed by atoms with Gasteiger partial charge < -0.3 is 20.4 Å². The van der Waals surface area contributed by atoms with Gasteiger partial charge in [0.25, 0.3) is 0 Å². The van der Waals surface area contributed by atoms with Gasteiger partial charge in [-0.3, -0.25) is 4.79 Å². The Balaban J connectivity index is 1.87. The van der Waals surface area contributed by atoms with Crippen molar-refractivity contribution in [1.82, 2.24) is 10.2 Å². The van der Waals surface area contributed by atoms with Gasteiger partial charge in [-0.15, -0.1) is 0 Å². The molecule has 20 heavy (non-hydrogen) atoms. The zero-order valence-electron chi connectivity index (χ0n) is 12.0. The van der Waals surface area contributed by atoms with E-state index < -0.39 is 5.97 Å². The molecule has 0 bridgehead atoms. The van der Waals surface area contributed by atoms with Gasteiger partial charge in [0, 0.05) is 13.1 Å². The van der Waals surface area contributed by atoms with Gasteiger partial charge in [-0.05, 0) is 30.6 Å². The molecule has 6 heteroatoms. The third kappa shape index (κ3) is 3.06. The lowest BCUT2D eigenvalue weighted by molar-refractivity contribution is -0.141. The van der Waals surface area contributed by atoms with Gasteiger partial charge in [0.05, 0.1) is 19.1 Å². The highest BCUT2D eigenvalue weighted by atomic mass is 16.4. The summed E-state index contributed by atoms with van der Waals surface area (Å²) in [6.07, 6.45) is 3.77. The van der Waals surface area contributed by atoms with E-state index >= 15 is 0 Å². The van der Waals surface area contributed by atoms with E-state index in [1.807, 2.05) is 6.92 Å². The first-order chi connectivity index (χ1) is 9.47. The van der Waals surface area contributed by atoms with Gasteiger partial charge in [0.15, 0.2) is 0 Å². The molecular weight excluding hydrogens is 260 g/mol. The lowest BCUT2D eigenvalue weighted by Crippen LogP contribution is -2.50. The number of carbonyl (C=O) groups excluding carboxylic acids is 1. The van der Waals surface area contributed by atoms with Crippen LogP contribution < -0.4 is 5.32 Å². The number of aliphatic carboxylic acids is 1. The highest BCUT2D eigenvalue weighted by Gasteiger charge is 2.40. The minimum Gasteiger partial charge on any atom is -0.481 e. The quantitative estimate of drug-likeness (QED) is 0.703. The highest BCUT2D eigenvalue weighted by molar-refractivity contribution is 5.75. The fourth-order valence-electron chi connectivity index (χ4n) is 3.32. The second kappa shape index (κ2) is 5.99. The Morgan fingerprint density at radius 1 is 1.40 bits per heavy atom. The standard InChI is InChI=1S/C14H24N2O4/c1-10-3-6-16(11(10)8-17)13(20)15-9-14(4-2-5-14)7-12(18)19/h10-11,17H,2-9H2,1H3,(H,15,20)(H,18,19). The molecule has 2 aliphatic rings. The summed E-state index contributed by atoms with van der Waals surface area (Å²) in [5, 5.41) is 21.2. The molecule has 1 aliphatic carbocycles. The smallest absolute Gasteiger partial charge is 0.317 e. The van der Waals surface area contributed by atoms with Crippen LogP contribution in [-0.4, -0.2) is 52.9 Å². The number of carbonyl (C=O) groups is 2. The van der Waals surface area contributed by atoms with Crippen molar-refractivity contribution in [1.29, 1.82) is 0 Å². The van der Waals surface area contributed by atoms with E-state index in [0.717, 1.165) is 25.7 Å². The summed E-state index contributed by atoms with van der Waals surface area (Å²) in [6, 6.07) is -0.295. The lowest BCUT2D eigenvalue weighted by Gasteiger charge is -2.41. The van der Waals surface area contributed by atoms with Gasteiger partial charge in [0.2, 0.25) is 0 Å². The van der Waals surface area contributed by atoms with E-state index in [1.54, 1.807) is 4.90 Å². The van der Waals surface area contributed by atoms with Crippen LogP contribution in [0.5, 0.6) is 0 Å². The normalized spacial score (nSPS) is 28.0. The number of likely N-dealkylation sites (tertiary alicyclic amines) is 1. The number of urea groups is 1. The van der Waals surface area contributed by atoms with Crippen LogP contribution in [0, 0.1) is 11.3 Å². The molecule has 2 atom stereocenters. The summed E-state index contributed by atoms with van der Waals surface area (Å²) in [5.41, 5.74) is -0.262. The van der Waals surface area contributed by atoms with Crippen molar-refractivity contribution in [3.63, 3.8) is 0 Å². The Morgan fingerprint density at radius 2 is 2.10 bits per heavy atom. The first-order valence-corrected chi connectivity index (χ1v) is 7.34. The van der Waals surface area contributed by atoms with Crippen LogP contribution in [0.25, 0.3) is 0 Å². The van der Waals surface area contributed by atoms with E-state index in [0.29, 0.717) is 19.0 Å². The van der Waals surface area contributed by atoms with Crippen molar-refractivity contribution >= 4 is 12.0 Å². The van der Waals surface area contributed by atoms with Crippen LogP contribution in [0.1, 0.15) is 39.0 Å². The Hall–Kier alpha value is -1.30. The molecule has 0 spiro atoms. The number of rotatable bonds is 5. The van der Waals surface area contributed by atoms with E-state index in [4.69, 9.17) is 5.11 Å². The van der Waals surface area contributed by atoms with Crippen LogP contribution in [0.4, 0.5) is 4.79 Å². The second-order valence-corrected chi connectivity index (χ2v) is 6.29. The minimum absolute atomic E-state index is 0.0190. The number of hydrogen-bond acceptors (Lipinski definition) is 3. The number of nitrogens with one attached hydrogen (secondary N) is 1. The first kappa shape index (κ1) is 15.1. The van der Waals surface area contributed by atoms with E-state index in [1.165, 1.54) is 0 Å². The Bertz CT molecular complexity index is 381. The average molecular weight is 284 g/mol. The van der Waals surface area contributed by atoms with E-state index in [2.05, 4.69) is 5.32 Å². The number of hydrogen-bond donors (Lipinski definition) is 3. The van der Waals surface area contributed by atoms with E-state index in [9.17, 15) is 14.7 Å². The summed E-state index contributed by atoms with van der Waals surface area (Å²) in [7, 11) is 0. The third-order valence-electron chi connectivity index (χ3n) is 4.89.